The van der Waals surface area contributed by atoms with Crippen molar-refractivity contribution in [2.75, 3.05) is 0 Å². The van der Waals surface area contributed by atoms with Crippen LogP contribution in [0.15, 0.2) is 24.3 Å². The molecule has 0 aromatic rings. The normalized spacial score (nSPS) is 22.7. The van der Waals surface area contributed by atoms with Crippen LogP contribution in [0.1, 0.15) is 170 Å². The van der Waals surface area contributed by atoms with Crippen LogP contribution < -0.4 is 0 Å². The fourth-order valence-electron chi connectivity index (χ4n) is 6.26. The predicted octanol–water partition coefficient (Wildman–Crippen LogP) is 12.5. The van der Waals surface area contributed by atoms with Gasteiger partial charge in [0.25, 0.3) is 0 Å². The molecular formula is C34H66. The minimum atomic E-state index is 0. The fraction of sp³-hybridized carbons (Fsp3) is 0.882. The second-order valence-electron chi connectivity index (χ2n) is 11.5. The Labute approximate surface area is 218 Å². The highest BCUT2D eigenvalue weighted by molar-refractivity contribution is 5.06. The number of hydrogen-bond donors (Lipinski definition) is 0. The van der Waals surface area contributed by atoms with Crippen molar-refractivity contribution in [1.82, 2.24) is 0 Å². The van der Waals surface area contributed by atoms with E-state index in [0.29, 0.717) is 0 Å². The molecule has 0 heterocycles. The summed E-state index contributed by atoms with van der Waals surface area (Å²) in [4.78, 5) is 0. The lowest BCUT2D eigenvalue weighted by Crippen LogP contribution is -2.31. The highest BCUT2D eigenvalue weighted by Gasteiger charge is 2.34. The van der Waals surface area contributed by atoms with Gasteiger partial charge in [0.2, 0.25) is 0 Å². The molecule has 0 nitrogen and oxygen atoms in total. The smallest absolute Gasteiger partial charge is 0 e. The van der Waals surface area contributed by atoms with Crippen molar-refractivity contribution in [3.8, 4) is 0 Å². The third kappa shape index (κ3) is 14.8. The molecule has 202 valence electrons. The number of rotatable bonds is 23. The number of hydrogen-bond acceptors (Lipinski definition) is 0. The van der Waals surface area contributed by atoms with E-state index < -0.39 is 0 Å². The van der Waals surface area contributed by atoms with E-state index in [1.54, 1.807) is 0 Å². The third-order valence-electron chi connectivity index (χ3n) is 8.48. The Balaban J connectivity index is 0.0000116. The highest BCUT2D eigenvalue weighted by Crippen LogP contribution is 2.44. The molecule has 0 aromatic heterocycles. The summed E-state index contributed by atoms with van der Waals surface area (Å²) in [6.45, 7) is 9.33. The Kier molecular flexibility index (Phi) is 21.2. The van der Waals surface area contributed by atoms with Crippen molar-refractivity contribution in [2.24, 2.45) is 23.7 Å². The zero-order valence-corrected chi connectivity index (χ0v) is 24.2. The van der Waals surface area contributed by atoms with Gasteiger partial charge in [-0.1, -0.05) is 155 Å². The van der Waals surface area contributed by atoms with Crippen molar-refractivity contribution in [1.29, 1.82) is 0 Å². The van der Waals surface area contributed by atoms with Crippen molar-refractivity contribution in [3.63, 3.8) is 0 Å². The quantitative estimate of drug-likeness (QED) is 0.102. The second-order valence-corrected chi connectivity index (χ2v) is 11.5. The van der Waals surface area contributed by atoms with E-state index in [1.165, 1.54) is 141 Å². The lowest BCUT2D eigenvalue weighted by atomic mass is 9.65. The molecule has 0 spiro atoms. The van der Waals surface area contributed by atoms with Gasteiger partial charge < -0.3 is 0 Å². The molecule has 4 unspecified atom stereocenters. The summed E-state index contributed by atoms with van der Waals surface area (Å²) in [5.41, 5.74) is 0. The van der Waals surface area contributed by atoms with Gasteiger partial charge in [0.05, 0.1) is 0 Å². The van der Waals surface area contributed by atoms with Crippen molar-refractivity contribution in [2.45, 2.75) is 169 Å². The molecule has 0 heteroatoms. The van der Waals surface area contributed by atoms with Crippen LogP contribution in [0.25, 0.3) is 0 Å². The maximum atomic E-state index is 2.71. The van der Waals surface area contributed by atoms with Gasteiger partial charge in [0, 0.05) is 1.43 Å². The number of unbranched alkanes of at least 4 members (excludes halogenated alkanes) is 14. The monoisotopic (exact) mass is 475 g/mol. The Morgan fingerprint density at radius 3 is 1.47 bits per heavy atom. The van der Waals surface area contributed by atoms with Gasteiger partial charge in [0.15, 0.2) is 0 Å². The zero-order valence-electron chi connectivity index (χ0n) is 24.2. The molecule has 0 saturated carbocycles. The average molecular weight is 475 g/mol. The second kappa shape index (κ2) is 22.9. The fourth-order valence-corrected chi connectivity index (χ4v) is 6.26. The van der Waals surface area contributed by atoms with Crippen LogP contribution in [0.5, 0.6) is 0 Å². The van der Waals surface area contributed by atoms with Crippen molar-refractivity contribution >= 4 is 0 Å². The molecule has 0 radical (unpaired) electrons. The molecule has 1 aliphatic rings. The van der Waals surface area contributed by atoms with Gasteiger partial charge in [-0.05, 0) is 62.2 Å². The molecule has 0 bridgehead atoms. The average Bonchev–Trinajstić information content (AvgIpc) is 2.85. The van der Waals surface area contributed by atoms with Crippen LogP contribution in [0, 0.1) is 23.7 Å². The first-order chi connectivity index (χ1) is 16.8. The lowest BCUT2D eigenvalue weighted by molar-refractivity contribution is 0.159. The first-order valence-electron chi connectivity index (χ1n) is 16.1. The van der Waals surface area contributed by atoms with Crippen molar-refractivity contribution in [3.05, 3.63) is 24.3 Å². The molecule has 4 atom stereocenters. The van der Waals surface area contributed by atoms with E-state index in [1.807, 2.05) is 0 Å². The van der Waals surface area contributed by atoms with Crippen LogP contribution in [0.4, 0.5) is 0 Å². The largest absolute Gasteiger partial charge is 0.0885 e. The van der Waals surface area contributed by atoms with Gasteiger partial charge in [-0.25, -0.2) is 0 Å². The Hall–Kier alpha value is -0.520. The van der Waals surface area contributed by atoms with E-state index in [-0.39, 0.29) is 1.43 Å². The van der Waals surface area contributed by atoms with E-state index >= 15 is 0 Å². The summed E-state index contributed by atoms with van der Waals surface area (Å²) in [5, 5.41) is 0. The molecule has 0 N–H and O–H groups in total. The van der Waals surface area contributed by atoms with Crippen LogP contribution in [-0.2, 0) is 0 Å². The first-order valence-corrected chi connectivity index (χ1v) is 16.1. The van der Waals surface area contributed by atoms with E-state index in [2.05, 4.69) is 52.0 Å². The predicted molar refractivity (Wildman–Crippen MR) is 159 cm³/mol. The summed E-state index contributed by atoms with van der Waals surface area (Å²) in [5.74, 6) is 3.49. The van der Waals surface area contributed by atoms with Gasteiger partial charge >= 0.3 is 0 Å². The highest BCUT2D eigenvalue weighted by atomic mass is 14.4. The van der Waals surface area contributed by atoms with E-state index in [4.69, 9.17) is 0 Å². The Bertz CT molecular complexity index is 479. The number of allylic oxidation sites excluding steroid dienone is 4. The standard InChI is InChI=1S/C34H64.H2/c1-5-9-13-17-20-24-28-34-31(25-21-16-12-8-4)29-30-32(26-22-18-14-10-6-2)33(34)27-23-19-15-11-7-3;/h20,24,29-34H,5-19,21-23,25-28H2,1-4H3;1H/b24-20+;. The van der Waals surface area contributed by atoms with Crippen LogP contribution in [0.2, 0.25) is 0 Å². The molecule has 34 heavy (non-hydrogen) atoms. The molecule has 0 saturated heterocycles. The molecule has 0 aliphatic heterocycles. The van der Waals surface area contributed by atoms with Gasteiger partial charge in [-0.15, -0.1) is 0 Å². The summed E-state index contributed by atoms with van der Waals surface area (Å²) in [6.07, 6.45) is 41.5. The summed E-state index contributed by atoms with van der Waals surface area (Å²) < 4.78 is 0. The van der Waals surface area contributed by atoms with Gasteiger partial charge in [0.1, 0.15) is 0 Å². The Morgan fingerprint density at radius 2 is 0.912 bits per heavy atom. The topological polar surface area (TPSA) is 0 Å². The Morgan fingerprint density at radius 1 is 0.471 bits per heavy atom. The maximum absolute atomic E-state index is 2.71. The van der Waals surface area contributed by atoms with Gasteiger partial charge in [-0.3, -0.25) is 0 Å². The summed E-state index contributed by atoms with van der Waals surface area (Å²) in [7, 11) is 0. The summed E-state index contributed by atoms with van der Waals surface area (Å²) in [6, 6.07) is 0. The molecule has 0 fully saturated rings. The van der Waals surface area contributed by atoms with Crippen LogP contribution in [-0.4, -0.2) is 0 Å². The molecule has 1 aliphatic carbocycles. The minimum absolute atomic E-state index is 0. The van der Waals surface area contributed by atoms with Crippen LogP contribution in [0.3, 0.4) is 0 Å². The summed E-state index contributed by atoms with van der Waals surface area (Å²) >= 11 is 0. The first kappa shape index (κ1) is 31.5. The van der Waals surface area contributed by atoms with Gasteiger partial charge in [-0.2, -0.15) is 0 Å². The zero-order chi connectivity index (χ0) is 24.7. The molecule has 1 rings (SSSR count). The lowest BCUT2D eigenvalue weighted by Gasteiger charge is -2.40. The minimum Gasteiger partial charge on any atom is -0.0885 e. The third-order valence-corrected chi connectivity index (χ3v) is 8.48. The van der Waals surface area contributed by atoms with Crippen molar-refractivity contribution < 1.29 is 1.43 Å². The molecular weight excluding hydrogens is 408 g/mol. The molecule has 0 aromatic carbocycles. The maximum Gasteiger partial charge on any atom is 0 e. The van der Waals surface area contributed by atoms with E-state index in [0.717, 1.165) is 23.7 Å². The van der Waals surface area contributed by atoms with E-state index in [9.17, 15) is 0 Å². The molecule has 0 amide bonds. The van der Waals surface area contributed by atoms with Crippen LogP contribution >= 0.6 is 0 Å². The SMILES string of the molecule is CCCCC/C=C/CC1C(CCCCCC)C=CC(CCCCCCC)C1CCCCCCC.[HH].